The summed E-state index contributed by atoms with van der Waals surface area (Å²) in [5.74, 6) is -0.551. The highest BCUT2D eigenvalue weighted by atomic mass is 19.1. The third-order valence-corrected chi connectivity index (χ3v) is 4.28. The van der Waals surface area contributed by atoms with Crippen LogP contribution < -0.4 is 10.6 Å². The molecule has 0 aromatic heterocycles. The van der Waals surface area contributed by atoms with Gasteiger partial charge < -0.3 is 10.1 Å². The maximum absolute atomic E-state index is 13.4. The molecule has 1 aliphatic rings. The Hall–Kier alpha value is -2.73. The number of ether oxygens (including phenoxy) is 1. The highest BCUT2D eigenvalue weighted by Crippen LogP contribution is 2.15. The van der Waals surface area contributed by atoms with Crippen molar-refractivity contribution in [1.82, 2.24) is 5.32 Å². The number of aryl methyl sites for hydroxylation is 2. The molecular weight excluding hydrogens is 345 g/mol. The SMILES string of the molecule is Cc1cc(C)cc(NC(=NC[C@H]2CCCO2)NC(=O)c2cccc(F)c2)c1. The lowest BCUT2D eigenvalue weighted by atomic mass is 10.1. The molecule has 0 aliphatic carbocycles. The molecule has 2 N–H and O–H groups in total. The first kappa shape index (κ1) is 19.0. The molecule has 3 rings (SSSR count). The van der Waals surface area contributed by atoms with Crippen LogP contribution in [0.5, 0.6) is 0 Å². The highest BCUT2D eigenvalue weighted by Gasteiger charge is 2.16. The summed E-state index contributed by atoms with van der Waals surface area (Å²) in [6, 6.07) is 11.6. The molecule has 0 saturated carbocycles. The summed E-state index contributed by atoms with van der Waals surface area (Å²) in [5, 5.41) is 5.92. The monoisotopic (exact) mass is 369 g/mol. The molecule has 0 radical (unpaired) electrons. The fourth-order valence-corrected chi connectivity index (χ4v) is 3.08. The minimum Gasteiger partial charge on any atom is -0.376 e. The van der Waals surface area contributed by atoms with Gasteiger partial charge in [0.2, 0.25) is 5.96 Å². The number of hydrogen-bond acceptors (Lipinski definition) is 3. The lowest BCUT2D eigenvalue weighted by Gasteiger charge is -2.14. The highest BCUT2D eigenvalue weighted by molar-refractivity contribution is 6.10. The standard InChI is InChI=1S/C21H24FN3O2/c1-14-9-15(2)11-18(10-14)24-21(23-13-19-7-4-8-27-19)25-20(26)16-5-3-6-17(22)12-16/h3,5-6,9-12,19H,4,7-8,13H2,1-2H3,(H2,23,24,25,26)/t19-/m1/s1. The van der Waals surface area contributed by atoms with Crippen molar-refractivity contribution in [3.63, 3.8) is 0 Å². The predicted molar refractivity (Wildman–Crippen MR) is 105 cm³/mol. The van der Waals surface area contributed by atoms with E-state index in [0.717, 1.165) is 36.3 Å². The van der Waals surface area contributed by atoms with Gasteiger partial charge in [-0.2, -0.15) is 0 Å². The van der Waals surface area contributed by atoms with E-state index in [1.54, 1.807) is 6.07 Å². The normalized spacial score (nSPS) is 17.0. The Morgan fingerprint density at radius 2 is 2.00 bits per heavy atom. The Bertz CT molecular complexity index is 825. The van der Waals surface area contributed by atoms with Gasteiger partial charge in [-0.15, -0.1) is 0 Å². The number of benzene rings is 2. The smallest absolute Gasteiger partial charge is 0.258 e. The Balaban J connectivity index is 1.77. The average molecular weight is 369 g/mol. The largest absolute Gasteiger partial charge is 0.376 e. The van der Waals surface area contributed by atoms with Crippen LogP contribution in [0, 0.1) is 19.7 Å². The molecule has 1 aliphatic heterocycles. The van der Waals surface area contributed by atoms with Crippen LogP contribution in [0.25, 0.3) is 0 Å². The molecule has 142 valence electrons. The fourth-order valence-electron chi connectivity index (χ4n) is 3.08. The Kier molecular flexibility index (Phi) is 6.19. The molecule has 1 amide bonds. The van der Waals surface area contributed by atoms with E-state index in [4.69, 9.17) is 4.74 Å². The molecule has 5 nitrogen and oxygen atoms in total. The summed E-state index contributed by atoms with van der Waals surface area (Å²) in [6.07, 6.45) is 2.04. The summed E-state index contributed by atoms with van der Waals surface area (Å²) in [6.45, 7) is 5.21. The average Bonchev–Trinajstić information content (AvgIpc) is 3.12. The summed E-state index contributed by atoms with van der Waals surface area (Å²) in [4.78, 5) is 17.0. The molecule has 2 aromatic carbocycles. The van der Waals surface area contributed by atoms with Gasteiger partial charge in [-0.3, -0.25) is 10.1 Å². The van der Waals surface area contributed by atoms with Crippen LogP contribution in [0.15, 0.2) is 47.5 Å². The zero-order chi connectivity index (χ0) is 19.2. The van der Waals surface area contributed by atoms with Gasteiger partial charge in [0.05, 0.1) is 12.6 Å². The molecule has 0 spiro atoms. The Morgan fingerprint density at radius 3 is 2.67 bits per heavy atom. The molecule has 0 unspecified atom stereocenters. The number of amides is 1. The van der Waals surface area contributed by atoms with Gasteiger partial charge in [-0.05, 0) is 68.1 Å². The minimum atomic E-state index is -0.456. The van der Waals surface area contributed by atoms with E-state index in [9.17, 15) is 9.18 Å². The zero-order valence-corrected chi connectivity index (χ0v) is 15.6. The first-order valence-corrected chi connectivity index (χ1v) is 9.08. The molecule has 1 saturated heterocycles. The maximum atomic E-state index is 13.4. The number of rotatable bonds is 4. The summed E-state index contributed by atoms with van der Waals surface area (Å²) in [7, 11) is 0. The van der Waals surface area contributed by atoms with Crippen LogP contribution in [0.2, 0.25) is 0 Å². The number of hydrogen-bond donors (Lipinski definition) is 2. The van der Waals surface area contributed by atoms with Gasteiger partial charge in [0, 0.05) is 17.9 Å². The lowest BCUT2D eigenvalue weighted by Crippen LogP contribution is -2.36. The van der Waals surface area contributed by atoms with Crippen molar-refractivity contribution >= 4 is 17.6 Å². The number of guanidine groups is 1. The molecule has 1 atom stereocenters. The van der Waals surface area contributed by atoms with Crippen molar-refractivity contribution in [2.24, 2.45) is 4.99 Å². The predicted octanol–water partition coefficient (Wildman–Crippen LogP) is 3.82. The van der Waals surface area contributed by atoms with Crippen LogP contribution in [0.1, 0.15) is 34.3 Å². The third-order valence-electron chi connectivity index (χ3n) is 4.28. The van der Waals surface area contributed by atoms with E-state index in [0.29, 0.717) is 12.5 Å². The number of nitrogens with zero attached hydrogens (tertiary/aromatic N) is 1. The third kappa shape index (κ3) is 5.62. The van der Waals surface area contributed by atoms with Crippen molar-refractivity contribution in [2.45, 2.75) is 32.8 Å². The van der Waals surface area contributed by atoms with E-state index in [1.807, 2.05) is 26.0 Å². The molecule has 0 bridgehead atoms. The minimum absolute atomic E-state index is 0.0621. The van der Waals surface area contributed by atoms with Gasteiger partial charge in [0.1, 0.15) is 5.82 Å². The number of carbonyl (C=O) groups is 1. The van der Waals surface area contributed by atoms with Gasteiger partial charge >= 0.3 is 0 Å². The number of nitrogens with one attached hydrogen (secondary N) is 2. The second-order valence-corrected chi connectivity index (χ2v) is 6.79. The molecule has 1 heterocycles. The molecule has 6 heteroatoms. The second-order valence-electron chi connectivity index (χ2n) is 6.79. The van der Waals surface area contributed by atoms with Crippen molar-refractivity contribution in [1.29, 1.82) is 0 Å². The number of halogens is 1. The summed E-state index contributed by atoms with van der Waals surface area (Å²) < 4.78 is 19.0. The van der Waals surface area contributed by atoms with Crippen LogP contribution in [0.3, 0.4) is 0 Å². The second kappa shape index (κ2) is 8.77. The zero-order valence-electron chi connectivity index (χ0n) is 15.6. The van der Waals surface area contributed by atoms with Gasteiger partial charge in [-0.25, -0.2) is 9.38 Å². The van der Waals surface area contributed by atoms with Gasteiger partial charge in [-0.1, -0.05) is 12.1 Å². The first-order chi connectivity index (χ1) is 13.0. The van der Waals surface area contributed by atoms with Crippen LogP contribution >= 0.6 is 0 Å². The fraction of sp³-hybridized carbons (Fsp3) is 0.333. The lowest BCUT2D eigenvalue weighted by molar-refractivity contribution is 0.0975. The molecule has 2 aromatic rings. The first-order valence-electron chi connectivity index (χ1n) is 9.08. The van der Waals surface area contributed by atoms with E-state index < -0.39 is 11.7 Å². The summed E-state index contributed by atoms with van der Waals surface area (Å²) in [5.41, 5.74) is 3.28. The Labute approximate surface area is 158 Å². The number of carbonyl (C=O) groups excluding carboxylic acids is 1. The summed E-state index contributed by atoms with van der Waals surface area (Å²) >= 11 is 0. The quantitative estimate of drug-likeness (QED) is 0.636. The van der Waals surface area contributed by atoms with E-state index in [1.165, 1.54) is 18.2 Å². The van der Waals surface area contributed by atoms with Crippen molar-refractivity contribution in [3.05, 3.63) is 65.0 Å². The maximum Gasteiger partial charge on any atom is 0.258 e. The Morgan fingerprint density at radius 1 is 1.22 bits per heavy atom. The van der Waals surface area contributed by atoms with Crippen molar-refractivity contribution < 1.29 is 13.9 Å². The number of aliphatic imine (C=N–C) groups is 1. The van der Waals surface area contributed by atoms with E-state index in [2.05, 4.69) is 21.7 Å². The van der Waals surface area contributed by atoms with Crippen LogP contribution in [0.4, 0.5) is 10.1 Å². The molecule has 1 fully saturated rings. The van der Waals surface area contributed by atoms with Crippen molar-refractivity contribution in [3.8, 4) is 0 Å². The van der Waals surface area contributed by atoms with E-state index >= 15 is 0 Å². The van der Waals surface area contributed by atoms with Crippen LogP contribution in [-0.2, 0) is 4.74 Å². The van der Waals surface area contributed by atoms with Gasteiger partial charge in [0.15, 0.2) is 0 Å². The van der Waals surface area contributed by atoms with Crippen LogP contribution in [-0.4, -0.2) is 31.1 Å². The number of anilines is 1. The van der Waals surface area contributed by atoms with Crippen molar-refractivity contribution in [2.75, 3.05) is 18.5 Å². The molecule has 27 heavy (non-hydrogen) atoms. The molecular formula is C21H24FN3O2. The van der Waals surface area contributed by atoms with Gasteiger partial charge in [0.25, 0.3) is 5.91 Å². The van der Waals surface area contributed by atoms with E-state index in [-0.39, 0.29) is 11.7 Å². The topological polar surface area (TPSA) is 62.7 Å².